The summed E-state index contributed by atoms with van der Waals surface area (Å²) in [6.45, 7) is 3.41. The van der Waals surface area contributed by atoms with Crippen molar-refractivity contribution in [3.05, 3.63) is 53.2 Å². The number of nitrogens with zero attached hydrogens (tertiary/aromatic N) is 2. The topological polar surface area (TPSA) is 128 Å². The van der Waals surface area contributed by atoms with Gasteiger partial charge in [-0.05, 0) is 31.5 Å². The summed E-state index contributed by atoms with van der Waals surface area (Å²) in [6, 6.07) is 10.9. The van der Waals surface area contributed by atoms with E-state index in [1.807, 2.05) is 31.2 Å². The van der Waals surface area contributed by atoms with Gasteiger partial charge in [0.2, 0.25) is 0 Å². The van der Waals surface area contributed by atoms with Crippen LogP contribution in [-0.2, 0) is 0 Å². The lowest BCUT2D eigenvalue weighted by Gasteiger charge is -2.09. The van der Waals surface area contributed by atoms with Gasteiger partial charge in [0.25, 0.3) is 5.91 Å². The number of Topliss-reactive ketones (excluding diaryl/α,β-unsaturated/α-hetero) is 1. The molecule has 1 amide bonds. The average molecular weight is 359 g/mol. The standard InChI is InChI=1S/C20H17N5O2/c1-9-12(4-3-5-14(9)21)17-16-13-7-6-11(10(2)26)8-15(13)23-18(16)19(20(22)27)25-24-17/h3-8,23H,21H2,1-2H3,(H2,22,27). The first kappa shape index (κ1) is 16.7. The Labute approximate surface area is 154 Å². The number of primary amides is 1. The van der Waals surface area contributed by atoms with Crippen LogP contribution in [0.25, 0.3) is 33.1 Å². The van der Waals surface area contributed by atoms with Crippen molar-refractivity contribution in [3.63, 3.8) is 0 Å². The quantitative estimate of drug-likeness (QED) is 0.383. The smallest absolute Gasteiger partial charge is 0.271 e. The lowest BCUT2D eigenvalue weighted by Crippen LogP contribution is -2.15. The second kappa shape index (κ2) is 5.91. The number of carbonyl (C=O) groups excluding carboxylic acids is 2. The number of aromatic amines is 1. The van der Waals surface area contributed by atoms with E-state index in [1.165, 1.54) is 6.92 Å². The highest BCUT2D eigenvalue weighted by Gasteiger charge is 2.21. The van der Waals surface area contributed by atoms with Crippen molar-refractivity contribution in [2.45, 2.75) is 13.8 Å². The van der Waals surface area contributed by atoms with Crippen LogP contribution in [0.4, 0.5) is 5.69 Å². The highest BCUT2D eigenvalue weighted by atomic mass is 16.1. The van der Waals surface area contributed by atoms with Crippen molar-refractivity contribution in [1.82, 2.24) is 15.2 Å². The normalized spacial score (nSPS) is 11.2. The maximum Gasteiger partial charge on any atom is 0.271 e. The third-order valence-electron chi connectivity index (χ3n) is 4.79. The molecular weight excluding hydrogens is 342 g/mol. The van der Waals surface area contributed by atoms with Gasteiger partial charge in [-0.25, -0.2) is 0 Å². The molecule has 2 heterocycles. The third kappa shape index (κ3) is 2.52. The molecular formula is C20H17N5O2. The Balaban J connectivity index is 2.16. The molecule has 0 unspecified atom stereocenters. The van der Waals surface area contributed by atoms with E-state index >= 15 is 0 Å². The molecule has 0 aliphatic rings. The van der Waals surface area contributed by atoms with Crippen LogP contribution in [0, 0.1) is 6.92 Å². The minimum atomic E-state index is -0.679. The van der Waals surface area contributed by atoms with Crippen molar-refractivity contribution < 1.29 is 9.59 Å². The average Bonchev–Trinajstić information content (AvgIpc) is 3.01. The monoisotopic (exact) mass is 359 g/mol. The zero-order valence-electron chi connectivity index (χ0n) is 14.8. The fraction of sp³-hybridized carbons (Fsp3) is 0.100. The number of rotatable bonds is 3. The van der Waals surface area contributed by atoms with Crippen molar-refractivity contribution in [1.29, 1.82) is 0 Å². The molecule has 0 aliphatic heterocycles. The molecule has 2 aromatic carbocycles. The van der Waals surface area contributed by atoms with Gasteiger partial charge >= 0.3 is 0 Å². The predicted octanol–water partition coefficient (Wildman–Crippen LogP) is 2.97. The number of fused-ring (bicyclic) bond motifs is 3. The first-order valence-electron chi connectivity index (χ1n) is 8.36. The number of hydrogen-bond donors (Lipinski definition) is 3. The molecule has 134 valence electrons. The summed E-state index contributed by atoms with van der Waals surface area (Å²) in [5.41, 5.74) is 16.3. The molecule has 7 nitrogen and oxygen atoms in total. The number of hydrogen-bond acceptors (Lipinski definition) is 5. The first-order chi connectivity index (χ1) is 12.9. The van der Waals surface area contributed by atoms with Gasteiger partial charge in [0.1, 0.15) is 5.69 Å². The van der Waals surface area contributed by atoms with E-state index in [0.717, 1.165) is 21.9 Å². The van der Waals surface area contributed by atoms with E-state index in [2.05, 4.69) is 15.2 Å². The van der Waals surface area contributed by atoms with E-state index in [1.54, 1.807) is 12.1 Å². The summed E-state index contributed by atoms with van der Waals surface area (Å²) in [5, 5.41) is 9.87. The Morgan fingerprint density at radius 1 is 1.11 bits per heavy atom. The van der Waals surface area contributed by atoms with Crippen LogP contribution in [0.5, 0.6) is 0 Å². The van der Waals surface area contributed by atoms with Gasteiger partial charge in [0, 0.05) is 33.1 Å². The van der Waals surface area contributed by atoms with Gasteiger partial charge in [0.15, 0.2) is 11.5 Å². The molecule has 0 aliphatic carbocycles. The maximum atomic E-state index is 11.9. The van der Waals surface area contributed by atoms with Crippen LogP contribution < -0.4 is 11.5 Å². The summed E-state index contributed by atoms with van der Waals surface area (Å²) >= 11 is 0. The van der Waals surface area contributed by atoms with Crippen molar-refractivity contribution in [3.8, 4) is 11.3 Å². The van der Waals surface area contributed by atoms with Gasteiger partial charge in [-0.3, -0.25) is 9.59 Å². The number of anilines is 1. The van der Waals surface area contributed by atoms with Crippen LogP contribution in [0.3, 0.4) is 0 Å². The van der Waals surface area contributed by atoms with Gasteiger partial charge in [-0.15, -0.1) is 10.2 Å². The lowest BCUT2D eigenvalue weighted by atomic mass is 9.99. The minimum Gasteiger partial charge on any atom is -0.398 e. The number of nitrogen functional groups attached to an aromatic ring is 1. The second-order valence-electron chi connectivity index (χ2n) is 6.47. The molecule has 0 spiro atoms. The van der Waals surface area contributed by atoms with Crippen molar-refractivity contribution in [2.24, 2.45) is 5.73 Å². The largest absolute Gasteiger partial charge is 0.398 e. The van der Waals surface area contributed by atoms with Crippen LogP contribution in [-0.4, -0.2) is 26.9 Å². The molecule has 4 rings (SSSR count). The second-order valence-corrected chi connectivity index (χ2v) is 6.47. The molecule has 2 aromatic heterocycles. The third-order valence-corrected chi connectivity index (χ3v) is 4.79. The Morgan fingerprint density at radius 3 is 2.59 bits per heavy atom. The molecule has 0 saturated carbocycles. The number of H-pyrrole nitrogens is 1. The molecule has 0 saturated heterocycles. The first-order valence-corrected chi connectivity index (χ1v) is 8.36. The Bertz CT molecular complexity index is 1260. The maximum absolute atomic E-state index is 11.9. The highest BCUT2D eigenvalue weighted by Crippen LogP contribution is 2.36. The Hall–Kier alpha value is -3.74. The summed E-state index contributed by atoms with van der Waals surface area (Å²) < 4.78 is 0. The molecule has 27 heavy (non-hydrogen) atoms. The summed E-state index contributed by atoms with van der Waals surface area (Å²) in [5.74, 6) is -0.726. The molecule has 0 atom stereocenters. The Kier molecular flexibility index (Phi) is 3.66. The van der Waals surface area contributed by atoms with E-state index in [0.29, 0.717) is 28.0 Å². The highest BCUT2D eigenvalue weighted by molar-refractivity contribution is 6.18. The van der Waals surface area contributed by atoms with Crippen molar-refractivity contribution >= 4 is 39.2 Å². The SMILES string of the molecule is CC(=O)c1ccc2c(c1)[nH]c1c(C(N)=O)nnc(-c3cccc(N)c3C)c12. The molecule has 0 fully saturated rings. The van der Waals surface area contributed by atoms with Gasteiger partial charge < -0.3 is 16.5 Å². The van der Waals surface area contributed by atoms with E-state index in [9.17, 15) is 9.59 Å². The predicted molar refractivity (Wildman–Crippen MR) is 105 cm³/mol. The van der Waals surface area contributed by atoms with Gasteiger partial charge in [-0.2, -0.15) is 0 Å². The number of carbonyl (C=O) groups is 2. The van der Waals surface area contributed by atoms with Crippen LogP contribution in [0.15, 0.2) is 36.4 Å². The minimum absolute atomic E-state index is 0.0474. The summed E-state index contributed by atoms with van der Waals surface area (Å²) in [7, 11) is 0. The van der Waals surface area contributed by atoms with E-state index in [4.69, 9.17) is 11.5 Å². The molecule has 7 heteroatoms. The number of aromatic nitrogens is 3. The van der Waals surface area contributed by atoms with E-state index < -0.39 is 5.91 Å². The molecule has 4 aromatic rings. The van der Waals surface area contributed by atoms with Crippen LogP contribution >= 0.6 is 0 Å². The number of amides is 1. The molecule has 0 bridgehead atoms. The number of nitrogens with one attached hydrogen (secondary N) is 1. The van der Waals surface area contributed by atoms with Crippen LogP contribution in [0.2, 0.25) is 0 Å². The zero-order chi connectivity index (χ0) is 19.3. The Morgan fingerprint density at radius 2 is 1.89 bits per heavy atom. The molecule has 0 radical (unpaired) electrons. The number of ketones is 1. The fourth-order valence-corrected chi connectivity index (χ4v) is 3.31. The van der Waals surface area contributed by atoms with Crippen molar-refractivity contribution in [2.75, 3.05) is 5.73 Å². The zero-order valence-corrected chi connectivity index (χ0v) is 14.8. The van der Waals surface area contributed by atoms with Gasteiger partial charge in [-0.1, -0.05) is 24.3 Å². The number of benzene rings is 2. The summed E-state index contributed by atoms with van der Waals surface area (Å²) in [6.07, 6.45) is 0. The number of nitrogens with two attached hydrogens (primary N) is 2. The molecule has 5 N–H and O–H groups in total. The fourth-order valence-electron chi connectivity index (χ4n) is 3.31. The van der Waals surface area contributed by atoms with E-state index in [-0.39, 0.29) is 11.5 Å². The van der Waals surface area contributed by atoms with Gasteiger partial charge in [0.05, 0.1) is 5.52 Å². The van der Waals surface area contributed by atoms with Crippen LogP contribution in [0.1, 0.15) is 33.3 Å². The lowest BCUT2D eigenvalue weighted by molar-refractivity contribution is 0.0993. The summed E-state index contributed by atoms with van der Waals surface area (Å²) in [4.78, 5) is 26.8.